The summed E-state index contributed by atoms with van der Waals surface area (Å²) in [5.74, 6) is 0.0249. The van der Waals surface area contributed by atoms with E-state index in [9.17, 15) is 12.8 Å². The number of imidazole rings is 1. The molecule has 21 heavy (non-hydrogen) atoms. The molecule has 0 fully saturated rings. The molecule has 114 valence electrons. The third kappa shape index (κ3) is 3.33. The molecule has 1 aromatic heterocycles. The first-order valence-electron chi connectivity index (χ1n) is 6.45. The maximum absolute atomic E-state index is 13.1. The van der Waals surface area contributed by atoms with Crippen LogP contribution >= 0.6 is 0 Å². The minimum Gasteiger partial charge on any atom is -0.396 e. The summed E-state index contributed by atoms with van der Waals surface area (Å²) >= 11 is 0. The van der Waals surface area contributed by atoms with E-state index in [1.54, 1.807) is 11.5 Å². The van der Waals surface area contributed by atoms with Gasteiger partial charge in [-0.3, -0.25) is 4.72 Å². The number of nitrogen functional groups attached to an aromatic ring is 1. The van der Waals surface area contributed by atoms with Crippen molar-refractivity contribution >= 4 is 21.4 Å². The summed E-state index contributed by atoms with van der Waals surface area (Å²) in [7, 11) is -3.82. The molecule has 0 atom stereocenters. The second-order valence-corrected chi connectivity index (χ2v) is 6.29. The van der Waals surface area contributed by atoms with Gasteiger partial charge in [-0.05, 0) is 31.5 Å². The highest BCUT2D eigenvalue weighted by Crippen LogP contribution is 2.20. The topological polar surface area (TPSA) is 90.0 Å². The Labute approximate surface area is 122 Å². The number of nitrogens with two attached hydrogens (primary N) is 1. The fourth-order valence-corrected chi connectivity index (χ4v) is 2.95. The maximum Gasteiger partial charge on any atom is 0.280 e. The van der Waals surface area contributed by atoms with Gasteiger partial charge in [-0.1, -0.05) is 6.92 Å². The van der Waals surface area contributed by atoms with E-state index in [2.05, 4.69) is 9.71 Å². The van der Waals surface area contributed by atoms with Crippen molar-refractivity contribution in [1.82, 2.24) is 9.55 Å². The lowest BCUT2D eigenvalue weighted by atomic mass is 10.3. The van der Waals surface area contributed by atoms with Crippen LogP contribution in [0.4, 0.5) is 15.8 Å². The van der Waals surface area contributed by atoms with Crippen LogP contribution in [0.15, 0.2) is 29.4 Å². The Bertz CT molecular complexity index is 756. The fourth-order valence-electron chi connectivity index (χ4n) is 1.89. The van der Waals surface area contributed by atoms with Crippen LogP contribution in [0.2, 0.25) is 0 Å². The van der Waals surface area contributed by atoms with Gasteiger partial charge in [0.15, 0.2) is 5.03 Å². The average Bonchev–Trinajstić information content (AvgIpc) is 2.77. The lowest BCUT2D eigenvalue weighted by Gasteiger charge is -2.06. The molecule has 2 aromatic rings. The molecule has 0 saturated heterocycles. The second-order valence-electron chi connectivity index (χ2n) is 4.66. The summed E-state index contributed by atoms with van der Waals surface area (Å²) in [5, 5.41) is -0.0728. The van der Waals surface area contributed by atoms with Crippen molar-refractivity contribution in [2.24, 2.45) is 0 Å². The Morgan fingerprint density at radius 3 is 2.76 bits per heavy atom. The molecule has 0 radical (unpaired) electrons. The molecule has 0 amide bonds. The Morgan fingerprint density at radius 2 is 2.14 bits per heavy atom. The fraction of sp³-hybridized carbons (Fsp3) is 0.308. The lowest BCUT2D eigenvalue weighted by molar-refractivity contribution is 0.597. The summed E-state index contributed by atoms with van der Waals surface area (Å²) in [6, 6.07) is 3.63. The zero-order chi connectivity index (χ0) is 15.6. The number of nitrogens with one attached hydrogen (secondary N) is 1. The Hall–Kier alpha value is -2.09. The SMILES string of the molecule is CCCn1cc(S(=O)(=O)Nc2ccc(F)c(N)c2)nc1C. The lowest BCUT2D eigenvalue weighted by Crippen LogP contribution is -2.13. The highest BCUT2D eigenvalue weighted by atomic mass is 32.2. The van der Waals surface area contributed by atoms with Crippen molar-refractivity contribution in [2.45, 2.75) is 31.8 Å². The highest BCUT2D eigenvalue weighted by Gasteiger charge is 2.19. The van der Waals surface area contributed by atoms with Gasteiger partial charge in [-0.25, -0.2) is 9.37 Å². The molecular weight excluding hydrogens is 295 g/mol. The molecule has 0 saturated carbocycles. The molecule has 8 heteroatoms. The molecule has 0 unspecified atom stereocenters. The van der Waals surface area contributed by atoms with Crippen molar-refractivity contribution in [3.05, 3.63) is 36.0 Å². The summed E-state index contributed by atoms with van der Waals surface area (Å²) in [6.07, 6.45) is 2.35. The third-order valence-electron chi connectivity index (χ3n) is 2.94. The predicted octanol–water partition coefficient (Wildman–Crippen LogP) is 2.12. The zero-order valence-corrected chi connectivity index (χ0v) is 12.6. The summed E-state index contributed by atoms with van der Waals surface area (Å²) in [5.41, 5.74) is 5.49. The van der Waals surface area contributed by atoms with E-state index in [0.29, 0.717) is 12.4 Å². The van der Waals surface area contributed by atoms with E-state index < -0.39 is 15.8 Å². The van der Waals surface area contributed by atoms with Crippen LogP contribution in [-0.4, -0.2) is 18.0 Å². The van der Waals surface area contributed by atoms with Gasteiger partial charge >= 0.3 is 0 Å². The monoisotopic (exact) mass is 312 g/mol. The zero-order valence-electron chi connectivity index (χ0n) is 11.8. The van der Waals surface area contributed by atoms with Gasteiger partial charge in [0.05, 0.1) is 11.4 Å². The first kappa shape index (κ1) is 15.3. The van der Waals surface area contributed by atoms with E-state index in [1.807, 2.05) is 6.92 Å². The maximum atomic E-state index is 13.1. The van der Waals surface area contributed by atoms with Crippen molar-refractivity contribution in [3.8, 4) is 0 Å². The van der Waals surface area contributed by atoms with Crippen LogP contribution < -0.4 is 10.5 Å². The molecule has 0 aliphatic rings. The average molecular weight is 312 g/mol. The molecule has 1 aromatic carbocycles. The van der Waals surface area contributed by atoms with Crippen molar-refractivity contribution < 1.29 is 12.8 Å². The predicted molar refractivity (Wildman–Crippen MR) is 78.9 cm³/mol. The first-order valence-corrected chi connectivity index (χ1v) is 7.93. The number of hydrogen-bond acceptors (Lipinski definition) is 4. The van der Waals surface area contributed by atoms with Gasteiger partial charge < -0.3 is 10.3 Å². The number of rotatable bonds is 5. The summed E-state index contributed by atoms with van der Waals surface area (Å²) < 4.78 is 41.7. The van der Waals surface area contributed by atoms with E-state index >= 15 is 0 Å². The Kier molecular flexibility index (Phi) is 4.17. The van der Waals surface area contributed by atoms with Crippen LogP contribution in [0.1, 0.15) is 19.2 Å². The van der Waals surface area contributed by atoms with E-state index in [0.717, 1.165) is 12.5 Å². The summed E-state index contributed by atoms with van der Waals surface area (Å²) in [4.78, 5) is 4.04. The van der Waals surface area contributed by atoms with Crippen LogP contribution in [-0.2, 0) is 16.6 Å². The molecule has 6 nitrogen and oxygen atoms in total. The molecule has 1 heterocycles. The normalized spacial score (nSPS) is 11.6. The van der Waals surface area contributed by atoms with Crippen LogP contribution in [0.5, 0.6) is 0 Å². The standard InChI is InChI=1S/C13H17FN4O2S/c1-3-6-18-8-13(16-9(18)2)21(19,20)17-10-4-5-11(14)12(15)7-10/h4-5,7-8,17H,3,6,15H2,1-2H3. The van der Waals surface area contributed by atoms with Crippen molar-refractivity contribution in [3.63, 3.8) is 0 Å². The van der Waals surface area contributed by atoms with Gasteiger partial charge in [-0.15, -0.1) is 0 Å². The molecule has 0 aliphatic carbocycles. The van der Waals surface area contributed by atoms with Gasteiger partial charge in [-0.2, -0.15) is 8.42 Å². The second kappa shape index (κ2) is 5.72. The smallest absolute Gasteiger partial charge is 0.280 e. The van der Waals surface area contributed by atoms with Gasteiger partial charge in [0.2, 0.25) is 0 Å². The Balaban J connectivity index is 2.29. The van der Waals surface area contributed by atoms with Crippen LogP contribution in [0, 0.1) is 12.7 Å². The summed E-state index contributed by atoms with van der Waals surface area (Å²) in [6.45, 7) is 4.43. The van der Waals surface area contributed by atoms with Crippen LogP contribution in [0.3, 0.4) is 0 Å². The molecule has 0 bridgehead atoms. The molecule has 2 rings (SSSR count). The number of halogens is 1. The first-order chi connectivity index (χ1) is 9.83. The van der Waals surface area contributed by atoms with Crippen molar-refractivity contribution in [1.29, 1.82) is 0 Å². The minimum atomic E-state index is -3.82. The minimum absolute atomic E-state index is 0.0728. The number of nitrogens with zero attached hydrogens (tertiary/aromatic N) is 2. The van der Waals surface area contributed by atoms with E-state index in [4.69, 9.17) is 5.73 Å². The van der Waals surface area contributed by atoms with Gasteiger partial charge in [0.1, 0.15) is 11.6 Å². The largest absolute Gasteiger partial charge is 0.396 e. The van der Waals surface area contributed by atoms with E-state index in [-0.39, 0.29) is 16.4 Å². The number of anilines is 2. The van der Waals surface area contributed by atoms with Crippen molar-refractivity contribution in [2.75, 3.05) is 10.5 Å². The third-order valence-corrected chi connectivity index (χ3v) is 4.19. The quantitative estimate of drug-likeness (QED) is 0.828. The Morgan fingerprint density at radius 1 is 1.43 bits per heavy atom. The number of hydrogen-bond donors (Lipinski definition) is 2. The number of aryl methyl sites for hydroxylation is 2. The molecular formula is C13H17FN4O2S. The number of aromatic nitrogens is 2. The highest BCUT2D eigenvalue weighted by molar-refractivity contribution is 7.92. The number of sulfonamides is 1. The van der Waals surface area contributed by atoms with E-state index in [1.165, 1.54) is 18.3 Å². The molecule has 0 spiro atoms. The van der Waals surface area contributed by atoms with Crippen LogP contribution in [0.25, 0.3) is 0 Å². The van der Waals surface area contributed by atoms with Gasteiger partial charge in [0, 0.05) is 12.7 Å². The molecule has 3 N–H and O–H groups in total. The molecule has 0 aliphatic heterocycles. The van der Waals surface area contributed by atoms with Gasteiger partial charge in [0.25, 0.3) is 10.0 Å². The number of benzene rings is 1.